The molecule has 1 fully saturated rings. The van der Waals surface area contributed by atoms with Crippen molar-refractivity contribution in [3.63, 3.8) is 0 Å². The summed E-state index contributed by atoms with van der Waals surface area (Å²) in [6.07, 6.45) is 0.708. The van der Waals surface area contributed by atoms with E-state index in [9.17, 15) is 19.8 Å². The molecule has 2 unspecified atom stereocenters. The summed E-state index contributed by atoms with van der Waals surface area (Å²) in [7, 11) is 0. The molecular formula is C19H18Cl2N4O4. The molecule has 0 saturated carbocycles. The molecule has 2 aromatic rings. The first-order valence-corrected chi connectivity index (χ1v) is 9.71. The third kappa shape index (κ3) is 3.37. The molecule has 8 nitrogen and oxygen atoms in total. The first-order chi connectivity index (χ1) is 13.8. The number of β-amino-alcohol motifs (C(OH)–C–C–N with tert-alkyl or cyclic N) is 1. The molecule has 3 atom stereocenters. The first kappa shape index (κ1) is 19.8. The van der Waals surface area contributed by atoms with Crippen molar-refractivity contribution in [2.75, 3.05) is 11.9 Å². The van der Waals surface area contributed by atoms with Gasteiger partial charge in [-0.05, 0) is 24.6 Å². The quantitative estimate of drug-likeness (QED) is 0.681. The van der Waals surface area contributed by atoms with Crippen molar-refractivity contribution in [1.82, 2.24) is 14.7 Å². The highest BCUT2D eigenvalue weighted by Crippen LogP contribution is 2.39. The number of carboxylic acid groups (broad SMARTS) is 1. The number of carbonyl (C=O) groups excluding carboxylic acids is 1. The van der Waals surface area contributed by atoms with Gasteiger partial charge in [0.1, 0.15) is 17.9 Å². The Hall–Kier alpha value is -2.55. The van der Waals surface area contributed by atoms with E-state index in [0.717, 1.165) is 0 Å². The van der Waals surface area contributed by atoms with E-state index in [1.54, 1.807) is 42.1 Å². The van der Waals surface area contributed by atoms with E-state index in [0.29, 0.717) is 32.7 Å². The Labute approximate surface area is 176 Å². The molecule has 1 amide bonds. The van der Waals surface area contributed by atoms with Crippen LogP contribution < -0.4 is 5.32 Å². The van der Waals surface area contributed by atoms with Crippen LogP contribution in [0.5, 0.6) is 0 Å². The van der Waals surface area contributed by atoms with Gasteiger partial charge in [0.25, 0.3) is 5.91 Å². The third-order valence-electron chi connectivity index (χ3n) is 5.22. The molecule has 3 N–H and O–H groups in total. The highest BCUT2D eigenvalue weighted by Gasteiger charge is 2.43. The molecule has 1 saturated heterocycles. The molecule has 0 radical (unpaired) electrons. The highest BCUT2D eigenvalue weighted by molar-refractivity contribution is 6.42. The van der Waals surface area contributed by atoms with Crippen molar-refractivity contribution in [2.45, 2.75) is 31.5 Å². The second-order valence-corrected chi connectivity index (χ2v) is 7.92. The first-order valence-electron chi connectivity index (χ1n) is 8.96. The minimum atomic E-state index is -1.15. The summed E-state index contributed by atoms with van der Waals surface area (Å²) in [5.74, 6) is -0.940. The molecule has 2 aliphatic heterocycles. The maximum absolute atomic E-state index is 13.5. The Morgan fingerprint density at radius 3 is 2.69 bits per heavy atom. The zero-order chi connectivity index (χ0) is 20.9. The number of allylic oxidation sites excluding steroid dienone is 1. The molecular weight excluding hydrogens is 419 g/mol. The second kappa shape index (κ2) is 7.37. The van der Waals surface area contributed by atoms with Crippen LogP contribution in [0.4, 0.5) is 5.82 Å². The number of rotatable bonds is 3. The number of amides is 1. The lowest BCUT2D eigenvalue weighted by Crippen LogP contribution is -2.44. The Bertz CT molecular complexity index is 1030. The number of aliphatic hydroxyl groups excluding tert-OH is 1. The Balaban J connectivity index is 1.82. The van der Waals surface area contributed by atoms with Gasteiger partial charge in [0, 0.05) is 24.7 Å². The van der Waals surface area contributed by atoms with Crippen molar-refractivity contribution in [3.05, 3.63) is 57.3 Å². The number of hydrogen-bond donors (Lipinski definition) is 3. The van der Waals surface area contributed by atoms with Crippen LogP contribution in [-0.4, -0.2) is 55.5 Å². The van der Waals surface area contributed by atoms with Gasteiger partial charge >= 0.3 is 5.97 Å². The lowest BCUT2D eigenvalue weighted by Gasteiger charge is -2.33. The molecule has 2 aliphatic rings. The maximum atomic E-state index is 13.5. The molecule has 152 valence electrons. The number of nitrogens with zero attached hydrogens (tertiary/aromatic N) is 3. The lowest BCUT2D eigenvalue weighted by molar-refractivity contribution is -0.147. The largest absolute Gasteiger partial charge is 0.480 e. The zero-order valence-corrected chi connectivity index (χ0v) is 16.9. The van der Waals surface area contributed by atoms with E-state index in [4.69, 9.17) is 23.2 Å². The highest BCUT2D eigenvalue weighted by atomic mass is 35.5. The fourth-order valence-corrected chi connectivity index (χ4v) is 4.21. The fraction of sp³-hybridized carbons (Fsp3) is 0.316. The minimum absolute atomic E-state index is 0.00864. The average molecular weight is 437 g/mol. The molecule has 3 heterocycles. The van der Waals surface area contributed by atoms with E-state index in [1.807, 2.05) is 0 Å². The molecule has 0 spiro atoms. The number of carbonyl (C=O) groups is 2. The number of aromatic nitrogens is 2. The van der Waals surface area contributed by atoms with Crippen molar-refractivity contribution >= 4 is 40.9 Å². The Morgan fingerprint density at radius 2 is 2.00 bits per heavy atom. The van der Waals surface area contributed by atoms with Crippen LogP contribution in [-0.2, 0) is 9.59 Å². The molecule has 29 heavy (non-hydrogen) atoms. The van der Waals surface area contributed by atoms with Gasteiger partial charge in [-0.2, -0.15) is 5.10 Å². The number of hydrogen-bond acceptors (Lipinski definition) is 5. The number of benzene rings is 1. The summed E-state index contributed by atoms with van der Waals surface area (Å²) in [5, 5.41) is 27.7. The van der Waals surface area contributed by atoms with Crippen molar-refractivity contribution in [1.29, 1.82) is 0 Å². The number of anilines is 1. The van der Waals surface area contributed by atoms with Gasteiger partial charge < -0.3 is 20.4 Å². The van der Waals surface area contributed by atoms with Crippen LogP contribution in [0.15, 0.2) is 41.7 Å². The Kier molecular flexibility index (Phi) is 5.02. The number of aliphatic carboxylic acids is 1. The van der Waals surface area contributed by atoms with E-state index in [1.165, 1.54) is 4.90 Å². The molecule has 1 aromatic heterocycles. The van der Waals surface area contributed by atoms with Gasteiger partial charge in [-0.25, -0.2) is 9.48 Å². The van der Waals surface area contributed by atoms with Crippen LogP contribution in [0.2, 0.25) is 10.0 Å². The van der Waals surface area contributed by atoms with Crippen LogP contribution in [0, 0.1) is 0 Å². The smallest absolute Gasteiger partial charge is 0.326 e. The van der Waals surface area contributed by atoms with Gasteiger partial charge in [-0.1, -0.05) is 29.3 Å². The summed E-state index contributed by atoms with van der Waals surface area (Å²) in [6.45, 7) is 1.70. The molecule has 10 heteroatoms. The van der Waals surface area contributed by atoms with Gasteiger partial charge in [-0.3, -0.25) is 4.79 Å². The topological polar surface area (TPSA) is 108 Å². The normalized spacial score (nSPS) is 23.7. The van der Waals surface area contributed by atoms with Crippen LogP contribution in [0.3, 0.4) is 0 Å². The lowest BCUT2D eigenvalue weighted by atomic mass is 9.94. The number of likely N-dealkylation sites (tertiary alicyclic amines) is 1. The molecule has 0 bridgehead atoms. The molecule has 0 aliphatic carbocycles. The summed E-state index contributed by atoms with van der Waals surface area (Å²) < 4.78 is 1.64. The Morgan fingerprint density at radius 1 is 1.24 bits per heavy atom. The van der Waals surface area contributed by atoms with Gasteiger partial charge in [0.15, 0.2) is 0 Å². The second-order valence-electron chi connectivity index (χ2n) is 7.10. The zero-order valence-electron chi connectivity index (χ0n) is 15.3. The average Bonchev–Trinajstić information content (AvgIpc) is 3.28. The van der Waals surface area contributed by atoms with Gasteiger partial charge in [0.05, 0.1) is 27.9 Å². The monoisotopic (exact) mass is 436 g/mol. The molecule has 1 aromatic carbocycles. The number of halogens is 2. The van der Waals surface area contributed by atoms with Gasteiger partial charge in [0.2, 0.25) is 0 Å². The number of fused-ring (bicyclic) bond motifs is 1. The van der Waals surface area contributed by atoms with E-state index in [-0.39, 0.29) is 13.0 Å². The van der Waals surface area contributed by atoms with Crippen molar-refractivity contribution < 1.29 is 19.8 Å². The van der Waals surface area contributed by atoms with Crippen molar-refractivity contribution in [2.24, 2.45) is 0 Å². The minimum Gasteiger partial charge on any atom is -0.480 e. The predicted octanol–water partition coefficient (Wildman–Crippen LogP) is 2.53. The number of nitrogens with one attached hydrogen (secondary N) is 1. The van der Waals surface area contributed by atoms with E-state index < -0.39 is 30.1 Å². The third-order valence-corrected chi connectivity index (χ3v) is 5.96. The summed E-state index contributed by atoms with van der Waals surface area (Å²) in [5.41, 5.74) is 1.59. The number of aliphatic hydroxyl groups is 1. The van der Waals surface area contributed by atoms with Crippen LogP contribution in [0.25, 0.3) is 0 Å². The van der Waals surface area contributed by atoms with Crippen LogP contribution in [0.1, 0.15) is 24.9 Å². The van der Waals surface area contributed by atoms with E-state index in [2.05, 4.69) is 10.4 Å². The fourth-order valence-electron chi connectivity index (χ4n) is 3.90. The summed E-state index contributed by atoms with van der Waals surface area (Å²) in [6, 6.07) is 5.11. The molecule has 4 rings (SSSR count). The summed E-state index contributed by atoms with van der Waals surface area (Å²) in [4.78, 5) is 26.3. The summed E-state index contributed by atoms with van der Waals surface area (Å²) >= 11 is 12.3. The standard InChI is InChI=1S/C19H18Cl2N4O4/c1-9-16(18(27)24-8-11(26)7-14(24)19(28)29)17(25-15(23-9)4-5-22-25)10-2-3-12(20)13(21)6-10/h2-6,11,14,17,23,26H,7-8H2,1H3,(H,28,29)/t11?,14-,17?/m0/s1. The van der Waals surface area contributed by atoms with Crippen LogP contribution >= 0.6 is 23.2 Å². The predicted molar refractivity (Wildman–Crippen MR) is 107 cm³/mol. The number of carboxylic acids is 1. The van der Waals surface area contributed by atoms with Crippen molar-refractivity contribution in [3.8, 4) is 0 Å². The SMILES string of the molecule is CC1=C(C(=O)N2CC(O)C[C@H]2C(=O)O)C(c2ccc(Cl)c(Cl)c2)n2nccc2N1. The van der Waals surface area contributed by atoms with E-state index >= 15 is 0 Å². The maximum Gasteiger partial charge on any atom is 0.326 e. The van der Waals surface area contributed by atoms with Gasteiger partial charge in [-0.15, -0.1) is 0 Å².